The van der Waals surface area contributed by atoms with Gasteiger partial charge >= 0.3 is 0 Å². The molecular formula is C23H29ClN2O4S2. The number of methoxy groups -OCH3 is 1. The number of amides is 1. The van der Waals surface area contributed by atoms with Crippen molar-refractivity contribution in [3.63, 3.8) is 0 Å². The minimum Gasteiger partial charge on any atom is -0.497 e. The summed E-state index contributed by atoms with van der Waals surface area (Å²) < 4.78 is 32.9. The normalized spacial score (nSPS) is 14.7. The van der Waals surface area contributed by atoms with Crippen molar-refractivity contribution >= 4 is 45.0 Å². The fourth-order valence-corrected chi connectivity index (χ4v) is 6.47. The second-order valence-corrected chi connectivity index (χ2v) is 11.4. The van der Waals surface area contributed by atoms with Crippen LogP contribution in [0, 0.1) is 0 Å². The first-order chi connectivity index (χ1) is 15.4. The van der Waals surface area contributed by atoms with Crippen molar-refractivity contribution < 1.29 is 17.9 Å². The summed E-state index contributed by atoms with van der Waals surface area (Å²) in [6, 6.07) is 12.6. The van der Waals surface area contributed by atoms with E-state index in [0.717, 1.165) is 10.1 Å². The van der Waals surface area contributed by atoms with Crippen molar-refractivity contribution in [3.8, 4) is 5.75 Å². The quantitative estimate of drug-likeness (QED) is 0.481. The van der Waals surface area contributed by atoms with E-state index in [1.54, 1.807) is 30.3 Å². The van der Waals surface area contributed by atoms with E-state index < -0.39 is 10.0 Å². The van der Waals surface area contributed by atoms with Crippen LogP contribution in [0.1, 0.15) is 32.1 Å². The number of ether oxygens (including phenoxy) is 1. The second kappa shape index (κ2) is 11.8. The molecule has 0 heterocycles. The summed E-state index contributed by atoms with van der Waals surface area (Å²) >= 11 is 7.98. The maximum absolute atomic E-state index is 13.4. The van der Waals surface area contributed by atoms with Gasteiger partial charge in [0.1, 0.15) is 12.3 Å². The predicted molar refractivity (Wildman–Crippen MR) is 131 cm³/mol. The van der Waals surface area contributed by atoms with Crippen LogP contribution in [0.25, 0.3) is 0 Å². The summed E-state index contributed by atoms with van der Waals surface area (Å²) in [7, 11) is -2.47. The van der Waals surface area contributed by atoms with Crippen molar-refractivity contribution in [2.45, 2.75) is 42.2 Å². The van der Waals surface area contributed by atoms with Gasteiger partial charge in [-0.05, 0) is 55.3 Å². The molecule has 0 aliphatic heterocycles. The highest BCUT2D eigenvalue weighted by Gasteiger charge is 2.27. The molecule has 0 atom stereocenters. The molecule has 2 aromatic carbocycles. The smallest absolute Gasteiger partial charge is 0.264 e. The van der Waals surface area contributed by atoms with Gasteiger partial charge in [0.05, 0.1) is 17.7 Å². The molecule has 1 aliphatic rings. The number of carbonyl (C=O) groups is 1. The largest absolute Gasteiger partial charge is 0.497 e. The number of carbonyl (C=O) groups excluding carboxylic acids is 1. The molecule has 0 bridgehead atoms. The molecule has 0 spiro atoms. The lowest BCUT2D eigenvalue weighted by atomic mass is 10.0. The molecule has 1 fully saturated rings. The highest BCUT2D eigenvalue weighted by atomic mass is 35.5. The summed E-state index contributed by atoms with van der Waals surface area (Å²) in [5.74, 6) is 1.01. The van der Waals surface area contributed by atoms with Gasteiger partial charge in [-0.15, -0.1) is 0 Å². The summed E-state index contributed by atoms with van der Waals surface area (Å²) in [6.45, 7) is 0.175. The fraction of sp³-hybridized carbons (Fsp3) is 0.435. The van der Waals surface area contributed by atoms with Gasteiger partial charge in [0.2, 0.25) is 5.91 Å². The summed E-state index contributed by atoms with van der Waals surface area (Å²) in [4.78, 5) is 12.7. The zero-order valence-corrected chi connectivity index (χ0v) is 20.5. The van der Waals surface area contributed by atoms with E-state index in [2.05, 4.69) is 5.32 Å². The SMILES string of the molecule is COc1ccc(S(=O)(=O)N(CC(=O)NCCSC2CCCCC2)c2cccc(Cl)c2)cc1. The van der Waals surface area contributed by atoms with E-state index >= 15 is 0 Å². The highest BCUT2D eigenvalue weighted by molar-refractivity contribution is 7.99. The zero-order chi connectivity index (χ0) is 23.0. The number of nitrogens with zero attached hydrogens (tertiary/aromatic N) is 1. The molecule has 1 N–H and O–H groups in total. The second-order valence-electron chi connectivity index (χ2n) is 7.65. The lowest BCUT2D eigenvalue weighted by molar-refractivity contribution is -0.119. The number of thioether (sulfide) groups is 1. The van der Waals surface area contributed by atoms with E-state index in [1.165, 1.54) is 57.4 Å². The van der Waals surface area contributed by atoms with E-state index in [-0.39, 0.29) is 17.3 Å². The van der Waals surface area contributed by atoms with Crippen molar-refractivity contribution in [2.75, 3.05) is 30.3 Å². The first-order valence-electron chi connectivity index (χ1n) is 10.7. The minimum atomic E-state index is -3.99. The summed E-state index contributed by atoms with van der Waals surface area (Å²) in [5.41, 5.74) is 0.333. The standard InChI is InChI=1S/C23H29ClN2O4S2/c1-30-20-10-12-22(13-11-20)32(28,29)26(19-7-5-6-18(24)16-19)17-23(27)25-14-15-31-21-8-3-2-4-9-21/h5-7,10-13,16,21H,2-4,8-9,14-15,17H2,1H3,(H,25,27). The molecule has 0 saturated heterocycles. The van der Waals surface area contributed by atoms with Crippen LogP contribution in [0.3, 0.4) is 0 Å². The molecule has 2 aromatic rings. The van der Waals surface area contributed by atoms with E-state index in [1.807, 2.05) is 11.8 Å². The third kappa shape index (κ3) is 6.80. The number of anilines is 1. The highest BCUT2D eigenvalue weighted by Crippen LogP contribution is 2.28. The number of nitrogens with one attached hydrogen (secondary N) is 1. The molecule has 0 radical (unpaired) electrons. The molecule has 32 heavy (non-hydrogen) atoms. The van der Waals surface area contributed by atoms with Gasteiger partial charge in [-0.3, -0.25) is 9.10 Å². The number of sulfonamides is 1. The number of benzene rings is 2. The molecule has 9 heteroatoms. The Morgan fingerprint density at radius 2 is 1.88 bits per heavy atom. The molecule has 1 aliphatic carbocycles. The first kappa shape index (κ1) is 24.7. The van der Waals surface area contributed by atoms with Crippen molar-refractivity contribution in [3.05, 3.63) is 53.6 Å². The van der Waals surface area contributed by atoms with Crippen LogP contribution in [-0.2, 0) is 14.8 Å². The van der Waals surface area contributed by atoms with Crippen LogP contribution >= 0.6 is 23.4 Å². The Morgan fingerprint density at radius 1 is 1.16 bits per heavy atom. The maximum Gasteiger partial charge on any atom is 0.264 e. The van der Waals surface area contributed by atoms with Crippen LogP contribution in [0.5, 0.6) is 5.75 Å². The molecule has 6 nitrogen and oxygen atoms in total. The molecule has 174 valence electrons. The van der Waals surface area contributed by atoms with E-state index in [9.17, 15) is 13.2 Å². The minimum absolute atomic E-state index is 0.0685. The van der Waals surface area contributed by atoms with Crippen molar-refractivity contribution in [1.29, 1.82) is 0 Å². The van der Waals surface area contributed by atoms with Gasteiger partial charge in [-0.1, -0.05) is 36.9 Å². The van der Waals surface area contributed by atoms with Crippen LogP contribution < -0.4 is 14.4 Å². The molecule has 0 aromatic heterocycles. The Balaban J connectivity index is 1.69. The van der Waals surface area contributed by atoms with E-state index in [0.29, 0.717) is 28.3 Å². The molecule has 1 saturated carbocycles. The summed E-state index contributed by atoms with van der Waals surface area (Å²) in [6.07, 6.45) is 6.35. The van der Waals surface area contributed by atoms with Crippen LogP contribution in [0.4, 0.5) is 5.69 Å². The van der Waals surface area contributed by atoms with Gasteiger partial charge in [-0.25, -0.2) is 8.42 Å². The number of halogens is 1. The number of hydrogen-bond donors (Lipinski definition) is 1. The van der Waals surface area contributed by atoms with Gasteiger partial charge in [-0.2, -0.15) is 11.8 Å². The monoisotopic (exact) mass is 496 g/mol. The van der Waals surface area contributed by atoms with Gasteiger partial charge < -0.3 is 10.1 Å². The van der Waals surface area contributed by atoms with Gasteiger partial charge in [0, 0.05) is 22.6 Å². The average molecular weight is 497 g/mol. The Labute approximate surface area is 199 Å². The number of rotatable bonds is 10. The predicted octanol–water partition coefficient (Wildman–Crippen LogP) is 4.73. The average Bonchev–Trinajstić information content (AvgIpc) is 2.81. The third-order valence-electron chi connectivity index (χ3n) is 5.36. The molecular weight excluding hydrogens is 468 g/mol. The molecule has 1 amide bonds. The van der Waals surface area contributed by atoms with Gasteiger partial charge in [0.25, 0.3) is 10.0 Å². The van der Waals surface area contributed by atoms with Crippen LogP contribution in [0.15, 0.2) is 53.4 Å². The molecule has 3 rings (SSSR count). The Bertz CT molecular complexity index is 993. The topological polar surface area (TPSA) is 75.7 Å². The van der Waals surface area contributed by atoms with E-state index in [4.69, 9.17) is 16.3 Å². The Kier molecular flexibility index (Phi) is 9.13. The maximum atomic E-state index is 13.4. The summed E-state index contributed by atoms with van der Waals surface area (Å²) in [5, 5.41) is 3.92. The third-order valence-corrected chi connectivity index (χ3v) is 8.77. The first-order valence-corrected chi connectivity index (χ1v) is 13.6. The van der Waals surface area contributed by atoms with Crippen LogP contribution in [-0.4, -0.2) is 45.5 Å². The van der Waals surface area contributed by atoms with Crippen molar-refractivity contribution in [2.24, 2.45) is 0 Å². The van der Waals surface area contributed by atoms with Gasteiger partial charge in [0.15, 0.2) is 0 Å². The fourth-order valence-electron chi connectivity index (χ4n) is 3.66. The zero-order valence-electron chi connectivity index (χ0n) is 18.1. The lowest BCUT2D eigenvalue weighted by Crippen LogP contribution is -2.41. The van der Waals surface area contributed by atoms with Crippen molar-refractivity contribution in [1.82, 2.24) is 5.32 Å². The van der Waals surface area contributed by atoms with Crippen LogP contribution in [0.2, 0.25) is 5.02 Å². The Hall–Kier alpha value is -1.90. The lowest BCUT2D eigenvalue weighted by Gasteiger charge is -2.24. The Morgan fingerprint density at radius 3 is 2.53 bits per heavy atom. The number of hydrogen-bond acceptors (Lipinski definition) is 5. The molecule has 0 unspecified atom stereocenters.